The first-order valence-corrected chi connectivity index (χ1v) is 9.21. The van der Waals surface area contributed by atoms with E-state index < -0.39 is 0 Å². The second-order valence-electron chi connectivity index (χ2n) is 7.31. The van der Waals surface area contributed by atoms with E-state index in [1.54, 1.807) is 4.90 Å². The highest BCUT2D eigenvalue weighted by Crippen LogP contribution is 2.55. The maximum Gasteiger partial charge on any atom is 0.345 e. The second-order valence-corrected chi connectivity index (χ2v) is 7.61. The lowest BCUT2D eigenvalue weighted by Crippen LogP contribution is -2.52. The molecule has 0 aromatic heterocycles. The maximum atomic E-state index is 11.6. The lowest BCUT2D eigenvalue weighted by atomic mass is 9.54. The van der Waals surface area contributed by atoms with Gasteiger partial charge in [0.15, 0.2) is 12.3 Å². The van der Waals surface area contributed by atoms with Crippen LogP contribution in [-0.4, -0.2) is 57.1 Å². The average Bonchev–Trinajstić information content (AvgIpc) is 2.71. The molecule has 2 bridgehead atoms. The van der Waals surface area contributed by atoms with Crippen molar-refractivity contribution in [2.75, 3.05) is 13.3 Å². The molecule has 23 heavy (non-hydrogen) atoms. The molecule has 1 spiro atoms. The minimum atomic E-state index is -0.128. The molecular weight excluding hydrogens is 318 g/mol. The minimum Gasteiger partial charge on any atom is -0.381 e. The Bertz CT molecular complexity index is 427. The summed E-state index contributed by atoms with van der Waals surface area (Å²) in [6.45, 7) is 2.91. The molecule has 2 heterocycles. The van der Waals surface area contributed by atoms with Crippen LogP contribution in [0.1, 0.15) is 51.9 Å². The van der Waals surface area contributed by atoms with Gasteiger partial charge in [-0.3, -0.25) is 5.32 Å². The highest BCUT2D eigenvalue weighted by molar-refractivity contribution is 7.88. The van der Waals surface area contributed by atoms with Crippen LogP contribution in [0.4, 0.5) is 4.79 Å². The molecule has 2 saturated heterocycles. The zero-order valence-electron chi connectivity index (χ0n) is 13.6. The Morgan fingerprint density at radius 3 is 2.65 bits per heavy atom. The monoisotopic (exact) mass is 345 g/mol. The van der Waals surface area contributed by atoms with E-state index in [4.69, 9.17) is 13.9 Å². The number of hydroxylamine groups is 2. The first kappa shape index (κ1) is 17.3. The average molecular weight is 345 g/mol. The Kier molecular flexibility index (Phi) is 5.37. The van der Waals surface area contributed by atoms with E-state index in [2.05, 4.69) is 5.32 Å². The lowest BCUT2D eigenvalue weighted by Gasteiger charge is -2.54. The van der Waals surface area contributed by atoms with Crippen LogP contribution >= 0.6 is 12.3 Å². The van der Waals surface area contributed by atoms with Crippen LogP contribution in [0.15, 0.2) is 0 Å². The Morgan fingerprint density at radius 1 is 1.39 bits per heavy atom. The quantitative estimate of drug-likeness (QED) is 0.535. The number of piperidine rings is 1. The summed E-state index contributed by atoms with van der Waals surface area (Å²) in [6.07, 6.45) is 8.90. The van der Waals surface area contributed by atoms with Crippen LogP contribution in [0.2, 0.25) is 0 Å². The van der Waals surface area contributed by atoms with Gasteiger partial charge in [-0.1, -0.05) is 6.42 Å². The molecule has 4 fully saturated rings. The fourth-order valence-corrected chi connectivity index (χ4v) is 4.56. The van der Waals surface area contributed by atoms with Crippen molar-refractivity contribution in [2.24, 2.45) is 5.41 Å². The fraction of sp³-hybridized carbons (Fsp3) is 0.933. The Hall–Kier alpha value is -0.540. The van der Waals surface area contributed by atoms with Crippen molar-refractivity contribution in [1.29, 1.82) is 0 Å². The zero-order valence-corrected chi connectivity index (χ0v) is 14.4. The molecule has 0 radical (unpaired) electrons. The molecule has 4 aliphatic rings. The molecule has 3 N–H and O–H groups in total. The molecule has 0 aromatic rings. The molecule has 2 atom stereocenters. The first-order chi connectivity index (χ1) is 11.1. The number of aliphatic hydroxyl groups excluding tert-OH is 1. The van der Waals surface area contributed by atoms with E-state index in [-0.39, 0.29) is 31.1 Å². The van der Waals surface area contributed by atoms with Gasteiger partial charge in [0.05, 0.1) is 12.8 Å². The highest BCUT2D eigenvalue weighted by Gasteiger charge is 2.47. The van der Waals surface area contributed by atoms with Crippen LogP contribution in [0.25, 0.3) is 0 Å². The van der Waals surface area contributed by atoms with Crippen LogP contribution in [-0.2, 0) is 4.28 Å². The Labute approximate surface area is 141 Å². The van der Waals surface area contributed by atoms with Crippen molar-refractivity contribution >= 4 is 18.4 Å². The summed E-state index contributed by atoms with van der Waals surface area (Å²) >= 11 is 0.231. The summed E-state index contributed by atoms with van der Waals surface area (Å²) in [5.74, 6) is 0. The molecule has 8 heteroatoms. The number of amides is 2. The van der Waals surface area contributed by atoms with Gasteiger partial charge in [0.2, 0.25) is 0 Å². The lowest BCUT2D eigenvalue weighted by molar-refractivity contribution is -0.0136. The van der Waals surface area contributed by atoms with E-state index in [0.717, 1.165) is 24.8 Å². The fourth-order valence-electron chi connectivity index (χ4n) is 4.30. The third-order valence-corrected chi connectivity index (χ3v) is 6.12. The number of urea groups is 1. The normalized spacial score (nSPS) is 31.5. The summed E-state index contributed by atoms with van der Waals surface area (Å²) < 4.78 is 13.3. The van der Waals surface area contributed by atoms with Crippen molar-refractivity contribution in [3.05, 3.63) is 0 Å². The minimum absolute atomic E-state index is 0.114. The van der Waals surface area contributed by atoms with Crippen LogP contribution < -0.4 is 5.32 Å². The van der Waals surface area contributed by atoms with Crippen molar-refractivity contribution < 1.29 is 18.7 Å². The molecule has 2 amide bonds. The van der Waals surface area contributed by atoms with E-state index in [1.165, 1.54) is 37.2 Å². The number of carbonyl (C=O) groups excluding carboxylic acids is 1. The molecule has 132 valence electrons. The number of hydrogen-bond acceptors (Lipinski definition) is 6. The third-order valence-electron chi connectivity index (χ3n) is 5.89. The van der Waals surface area contributed by atoms with Gasteiger partial charge in [-0.25, -0.2) is 4.79 Å². The standard InChI is InChI=1S/C8H15NO.C7H12N2O3S/c10-6-9-7-4-8(5-7)2-1-3-8;1-5-2-3-6-4-8(5)7(10)9(6)12-13-11/h7,9-10H,1-6H2;5-6,11H,2-4H2,1H3/t;5-,6-/m.1/s1. The SMILES string of the molecule is C[C@@H]1CC[C@@H]2CN1C(=O)N2OSO.OCNC1CC2(CCC2)C1. The van der Waals surface area contributed by atoms with Gasteiger partial charge in [0, 0.05) is 18.6 Å². The molecule has 2 saturated carbocycles. The highest BCUT2D eigenvalue weighted by atomic mass is 32.2. The Morgan fingerprint density at radius 2 is 2.13 bits per heavy atom. The molecule has 0 aromatic carbocycles. The summed E-state index contributed by atoms with van der Waals surface area (Å²) in [6, 6.07) is 0.909. The summed E-state index contributed by atoms with van der Waals surface area (Å²) in [4.78, 5) is 13.4. The second kappa shape index (κ2) is 7.14. The summed E-state index contributed by atoms with van der Waals surface area (Å²) in [5.41, 5.74) is 0.743. The van der Waals surface area contributed by atoms with Gasteiger partial charge in [-0.05, 0) is 50.9 Å². The number of carbonyl (C=O) groups is 1. The molecule has 0 unspecified atom stereocenters. The molecule has 2 aliphatic carbocycles. The molecular formula is C15H27N3O4S. The summed E-state index contributed by atoms with van der Waals surface area (Å²) in [7, 11) is 0. The molecule has 4 rings (SSSR count). The van der Waals surface area contributed by atoms with E-state index in [9.17, 15) is 4.79 Å². The van der Waals surface area contributed by atoms with E-state index in [1.807, 2.05) is 6.92 Å². The molecule has 7 nitrogen and oxygen atoms in total. The Balaban J connectivity index is 0.000000140. The first-order valence-electron chi connectivity index (χ1n) is 8.51. The van der Waals surface area contributed by atoms with Crippen molar-refractivity contribution in [3.8, 4) is 0 Å². The van der Waals surface area contributed by atoms with Gasteiger partial charge < -0.3 is 14.6 Å². The van der Waals surface area contributed by atoms with E-state index >= 15 is 0 Å². The smallest absolute Gasteiger partial charge is 0.345 e. The molecule has 2 aliphatic heterocycles. The van der Waals surface area contributed by atoms with Gasteiger partial charge in [0.1, 0.15) is 0 Å². The van der Waals surface area contributed by atoms with Gasteiger partial charge in [0.25, 0.3) is 0 Å². The number of nitrogens with zero attached hydrogens (tertiary/aromatic N) is 2. The van der Waals surface area contributed by atoms with Gasteiger partial charge in [-0.2, -0.15) is 9.35 Å². The van der Waals surface area contributed by atoms with E-state index in [0.29, 0.717) is 12.1 Å². The van der Waals surface area contributed by atoms with Crippen molar-refractivity contribution in [3.63, 3.8) is 0 Å². The van der Waals surface area contributed by atoms with Gasteiger partial charge in [-0.15, -0.1) is 0 Å². The third kappa shape index (κ3) is 3.46. The number of nitrogens with one attached hydrogen (secondary N) is 1. The number of hydrogen-bond donors (Lipinski definition) is 3. The van der Waals surface area contributed by atoms with Crippen LogP contribution in [0.5, 0.6) is 0 Å². The number of fused-ring (bicyclic) bond motifs is 2. The summed E-state index contributed by atoms with van der Waals surface area (Å²) in [5, 5.41) is 12.9. The number of rotatable bonds is 4. The van der Waals surface area contributed by atoms with Crippen LogP contribution in [0.3, 0.4) is 0 Å². The zero-order chi connectivity index (χ0) is 16.4. The largest absolute Gasteiger partial charge is 0.381 e. The number of aliphatic hydroxyl groups is 1. The van der Waals surface area contributed by atoms with Crippen molar-refractivity contribution in [1.82, 2.24) is 15.3 Å². The topological polar surface area (TPSA) is 85.3 Å². The predicted octanol–water partition coefficient (Wildman–Crippen LogP) is 2.19. The van der Waals surface area contributed by atoms with Crippen molar-refractivity contribution in [2.45, 2.75) is 70.0 Å². The predicted molar refractivity (Wildman–Crippen MR) is 87.3 cm³/mol. The van der Waals surface area contributed by atoms with Gasteiger partial charge >= 0.3 is 6.03 Å². The maximum absolute atomic E-state index is 11.6. The van der Waals surface area contributed by atoms with Crippen LogP contribution in [0, 0.1) is 5.41 Å².